The molecule has 2 atom stereocenters. The normalized spacial score (nSPS) is 14.6. The van der Waals surface area contributed by atoms with Gasteiger partial charge < -0.3 is 20.1 Å². The number of phosphoric acid groups is 1. The maximum atomic E-state index is 12.4. The van der Waals surface area contributed by atoms with Gasteiger partial charge in [0.15, 0.2) is 0 Å². The molecule has 0 saturated heterocycles. The maximum Gasteiger partial charge on any atom is 0.472 e. The summed E-state index contributed by atoms with van der Waals surface area (Å²) in [6.45, 7) is 4.58. The second-order valence-corrected chi connectivity index (χ2v) is 12.5. The summed E-state index contributed by atoms with van der Waals surface area (Å²) in [5.41, 5.74) is 5.33. The molecule has 0 aromatic rings. The van der Waals surface area contributed by atoms with Gasteiger partial charge in [0.2, 0.25) is 0 Å². The van der Waals surface area contributed by atoms with Gasteiger partial charge in [0.05, 0.1) is 26.2 Å². The SMILES string of the molecule is CC/C=C\C/C=C\C/C=C\C/C=C\C/C=C\CC(=O)OC(COCCCCCCCC/C=C\CCCC)COP(=O)(O)OCCN. The first-order chi connectivity index (χ1) is 22.4. The Kier molecular flexibility index (Phi) is 32.7. The Bertz CT molecular complexity index is 927. The van der Waals surface area contributed by atoms with E-state index in [2.05, 4.69) is 74.6 Å². The lowest BCUT2D eigenvalue weighted by molar-refractivity contribution is -0.153. The van der Waals surface area contributed by atoms with Gasteiger partial charge in [0.1, 0.15) is 6.10 Å². The summed E-state index contributed by atoms with van der Waals surface area (Å²) in [4.78, 5) is 22.2. The molecule has 0 radical (unpaired) electrons. The zero-order chi connectivity index (χ0) is 33.8. The average Bonchev–Trinajstić information content (AvgIpc) is 3.04. The number of unbranched alkanes of at least 4 members (excludes halogenated alkanes) is 8. The minimum atomic E-state index is -4.30. The third kappa shape index (κ3) is 33.3. The van der Waals surface area contributed by atoms with Crippen LogP contribution in [0.4, 0.5) is 0 Å². The van der Waals surface area contributed by atoms with Crippen molar-refractivity contribution in [1.82, 2.24) is 0 Å². The lowest BCUT2D eigenvalue weighted by Crippen LogP contribution is -2.28. The molecule has 9 heteroatoms. The van der Waals surface area contributed by atoms with Gasteiger partial charge >= 0.3 is 13.8 Å². The number of ether oxygens (including phenoxy) is 2. The molecule has 0 aliphatic heterocycles. The molecule has 0 bridgehead atoms. The molecule has 8 nitrogen and oxygen atoms in total. The number of hydrogen-bond donors (Lipinski definition) is 2. The van der Waals surface area contributed by atoms with Crippen molar-refractivity contribution in [3.8, 4) is 0 Å². The largest absolute Gasteiger partial charge is 0.472 e. The molecule has 46 heavy (non-hydrogen) atoms. The number of carbonyl (C=O) groups is 1. The molecule has 2 unspecified atom stereocenters. The molecule has 264 valence electrons. The molecule has 0 aliphatic carbocycles. The van der Waals surface area contributed by atoms with Crippen LogP contribution in [0.3, 0.4) is 0 Å². The monoisotopic (exact) mass is 665 g/mol. The average molecular weight is 666 g/mol. The number of allylic oxidation sites excluding steroid dienone is 11. The van der Waals surface area contributed by atoms with E-state index in [1.54, 1.807) is 6.08 Å². The number of hydrogen-bond acceptors (Lipinski definition) is 7. The Balaban J connectivity index is 4.33. The van der Waals surface area contributed by atoms with Gasteiger partial charge in [-0.25, -0.2) is 4.57 Å². The van der Waals surface area contributed by atoms with Crippen molar-refractivity contribution in [2.75, 3.05) is 33.0 Å². The van der Waals surface area contributed by atoms with Crippen LogP contribution in [0.1, 0.15) is 117 Å². The highest BCUT2D eigenvalue weighted by atomic mass is 31.2. The third-order valence-electron chi connectivity index (χ3n) is 6.64. The van der Waals surface area contributed by atoms with Crippen LogP contribution in [0.15, 0.2) is 72.9 Å². The molecule has 0 aliphatic rings. The van der Waals surface area contributed by atoms with Gasteiger partial charge in [-0.05, 0) is 57.8 Å². The third-order valence-corrected chi connectivity index (χ3v) is 7.62. The van der Waals surface area contributed by atoms with Crippen molar-refractivity contribution in [3.63, 3.8) is 0 Å². The predicted molar refractivity (Wildman–Crippen MR) is 192 cm³/mol. The molecule has 3 N–H and O–H groups in total. The highest BCUT2D eigenvalue weighted by molar-refractivity contribution is 7.47. The van der Waals surface area contributed by atoms with Gasteiger partial charge in [-0.2, -0.15) is 0 Å². The number of carbonyl (C=O) groups excluding carboxylic acids is 1. The molecule has 0 rings (SSSR count). The Morgan fingerprint density at radius 3 is 1.80 bits per heavy atom. The Morgan fingerprint density at radius 2 is 1.22 bits per heavy atom. The predicted octanol–water partition coefficient (Wildman–Crippen LogP) is 9.63. The summed E-state index contributed by atoms with van der Waals surface area (Å²) in [7, 11) is -4.30. The highest BCUT2D eigenvalue weighted by Crippen LogP contribution is 2.43. The van der Waals surface area contributed by atoms with E-state index in [0.717, 1.165) is 51.4 Å². The fraction of sp³-hybridized carbons (Fsp3) is 0.649. The minimum Gasteiger partial charge on any atom is -0.457 e. The summed E-state index contributed by atoms with van der Waals surface area (Å²) in [5, 5.41) is 0. The summed E-state index contributed by atoms with van der Waals surface area (Å²) in [6, 6.07) is 0. The molecule has 0 spiro atoms. The van der Waals surface area contributed by atoms with Crippen molar-refractivity contribution in [2.24, 2.45) is 5.73 Å². The van der Waals surface area contributed by atoms with E-state index < -0.39 is 19.9 Å². The molecule has 0 saturated carbocycles. The number of esters is 1. The lowest BCUT2D eigenvalue weighted by atomic mass is 10.1. The summed E-state index contributed by atoms with van der Waals surface area (Å²) < 4.78 is 33.1. The van der Waals surface area contributed by atoms with Gasteiger partial charge in [0, 0.05) is 13.2 Å². The Labute approximate surface area is 280 Å². The fourth-order valence-corrected chi connectivity index (χ4v) is 4.87. The van der Waals surface area contributed by atoms with E-state index in [1.807, 2.05) is 6.08 Å². The number of phosphoric ester groups is 1. The van der Waals surface area contributed by atoms with Gasteiger partial charge in [-0.3, -0.25) is 13.8 Å². The van der Waals surface area contributed by atoms with Crippen LogP contribution in [-0.2, 0) is 27.9 Å². The molecule has 0 aromatic heterocycles. The molecular weight excluding hydrogens is 601 g/mol. The summed E-state index contributed by atoms with van der Waals surface area (Å²) in [6.07, 6.45) is 40.9. The van der Waals surface area contributed by atoms with Gasteiger partial charge in [-0.15, -0.1) is 0 Å². The molecule has 0 amide bonds. The van der Waals surface area contributed by atoms with E-state index in [-0.39, 0.29) is 32.8 Å². The highest BCUT2D eigenvalue weighted by Gasteiger charge is 2.25. The van der Waals surface area contributed by atoms with E-state index in [1.165, 1.54) is 38.5 Å². The lowest BCUT2D eigenvalue weighted by Gasteiger charge is -2.19. The topological polar surface area (TPSA) is 117 Å². The molecular formula is C37H64NO7P. The standard InChI is InChI=1S/C37H64NO7P/c1-3-5-7-9-11-13-15-17-18-19-20-22-24-26-28-30-37(39)45-36(35-44-46(40,41)43-33-31-38)34-42-32-29-27-25-23-21-16-14-12-10-8-6-4-2/h5,7,10-13,17-18,20,22,26,28,36H,3-4,6,8-9,14-16,19,21,23-25,27,29-35,38H2,1-2H3,(H,40,41)/b7-5-,12-10-,13-11-,18-17-,22-20-,28-26-. The Hall–Kier alpha value is -2.06. The van der Waals surface area contributed by atoms with Crippen LogP contribution >= 0.6 is 7.82 Å². The smallest absolute Gasteiger partial charge is 0.457 e. The van der Waals surface area contributed by atoms with Crippen LogP contribution < -0.4 is 5.73 Å². The number of nitrogens with two attached hydrogens (primary N) is 1. The van der Waals surface area contributed by atoms with Crippen molar-refractivity contribution in [2.45, 2.75) is 123 Å². The quantitative estimate of drug-likeness (QED) is 0.0316. The first-order valence-electron chi connectivity index (χ1n) is 17.4. The van der Waals surface area contributed by atoms with Crippen molar-refractivity contribution in [1.29, 1.82) is 0 Å². The summed E-state index contributed by atoms with van der Waals surface area (Å²) >= 11 is 0. The first kappa shape index (κ1) is 43.9. The van der Waals surface area contributed by atoms with Crippen LogP contribution in [0.25, 0.3) is 0 Å². The van der Waals surface area contributed by atoms with Crippen molar-refractivity contribution in [3.05, 3.63) is 72.9 Å². The molecule has 0 heterocycles. The fourth-order valence-electron chi connectivity index (χ4n) is 4.11. The van der Waals surface area contributed by atoms with E-state index in [0.29, 0.717) is 13.0 Å². The van der Waals surface area contributed by atoms with E-state index in [9.17, 15) is 14.3 Å². The van der Waals surface area contributed by atoms with Crippen molar-refractivity contribution < 1.29 is 32.8 Å². The zero-order valence-corrected chi connectivity index (χ0v) is 29.7. The zero-order valence-electron chi connectivity index (χ0n) is 28.8. The van der Waals surface area contributed by atoms with Crippen LogP contribution in [0.5, 0.6) is 0 Å². The van der Waals surface area contributed by atoms with E-state index >= 15 is 0 Å². The van der Waals surface area contributed by atoms with Gasteiger partial charge in [0.25, 0.3) is 0 Å². The molecule has 0 fully saturated rings. The van der Waals surface area contributed by atoms with Crippen LogP contribution in [0, 0.1) is 0 Å². The second-order valence-electron chi connectivity index (χ2n) is 11.0. The van der Waals surface area contributed by atoms with Crippen LogP contribution in [-0.4, -0.2) is 49.9 Å². The minimum absolute atomic E-state index is 0.0681. The van der Waals surface area contributed by atoms with Gasteiger partial charge in [-0.1, -0.05) is 125 Å². The second kappa shape index (κ2) is 34.3. The maximum absolute atomic E-state index is 12.4. The van der Waals surface area contributed by atoms with Crippen molar-refractivity contribution >= 4 is 13.8 Å². The molecule has 0 aromatic carbocycles. The number of rotatable bonds is 32. The van der Waals surface area contributed by atoms with Crippen LogP contribution in [0.2, 0.25) is 0 Å². The first-order valence-corrected chi connectivity index (χ1v) is 18.9. The summed E-state index contributed by atoms with van der Waals surface area (Å²) in [5.74, 6) is -0.463. The van der Waals surface area contributed by atoms with E-state index in [4.69, 9.17) is 24.3 Å². The Morgan fingerprint density at radius 1 is 0.674 bits per heavy atom.